The molecule has 4 saturated heterocycles. The van der Waals surface area contributed by atoms with Crippen molar-refractivity contribution in [1.82, 2.24) is 0 Å². The summed E-state index contributed by atoms with van der Waals surface area (Å²) >= 11 is 0. The maximum atomic E-state index is 8.82. The first-order valence-corrected chi connectivity index (χ1v) is 20.7. The van der Waals surface area contributed by atoms with Gasteiger partial charge in [-0.25, -0.2) is 9.78 Å². The lowest BCUT2D eigenvalue weighted by Gasteiger charge is -2.60. The van der Waals surface area contributed by atoms with Crippen molar-refractivity contribution in [3.8, 4) is 11.1 Å². The van der Waals surface area contributed by atoms with Gasteiger partial charge in [0.15, 0.2) is 11.9 Å². The molecule has 1 spiro atoms. The molecule has 0 radical (unpaired) electrons. The van der Waals surface area contributed by atoms with E-state index in [2.05, 4.69) is 104 Å². The monoisotopic (exact) mass is 923 g/mol. The highest BCUT2D eigenvalue weighted by Crippen LogP contribution is 2.60. The number of ether oxygens (including phenoxy) is 2. The minimum absolute atomic E-state index is 0.0804. The average Bonchev–Trinajstić information content (AvgIpc) is 3.57. The Morgan fingerprint density at radius 2 is 0.940 bits per heavy atom. The smallest absolute Gasteiger partial charge is 0.201 e. The molecule has 1 aliphatic carbocycles. The highest BCUT2D eigenvalue weighted by atomic mass is 17.3. The van der Waals surface area contributed by atoms with Gasteiger partial charge in [-0.15, -0.1) is 0 Å². The Labute approximate surface area is 382 Å². The zero-order chi connectivity index (χ0) is 49.2. The van der Waals surface area contributed by atoms with Crippen LogP contribution in [-0.2, 0) is 19.2 Å². The molecule has 4 aliphatic heterocycles. The minimum Gasteiger partial charge on any atom is -0.340 e. The first-order chi connectivity index (χ1) is 32.6. The van der Waals surface area contributed by atoms with Gasteiger partial charge in [0.1, 0.15) is 6.23 Å². The van der Waals surface area contributed by atoms with E-state index in [0.29, 0.717) is 81.7 Å². The number of benzene rings is 2. The maximum absolute atomic E-state index is 8.82. The first kappa shape index (κ1) is 55.2. The molecular formula is C36H49N27O4. The van der Waals surface area contributed by atoms with Crippen LogP contribution in [0.4, 0.5) is 11.4 Å². The van der Waals surface area contributed by atoms with Gasteiger partial charge in [-0.1, -0.05) is 108 Å². The van der Waals surface area contributed by atoms with Crippen molar-refractivity contribution in [2.24, 2.45) is 69.7 Å². The molecule has 4 heterocycles. The van der Waals surface area contributed by atoms with Crippen molar-refractivity contribution in [2.75, 3.05) is 39.3 Å². The number of hydrogen-bond acceptors (Lipinski definition) is 13. The lowest BCUT2D eigenvalue weighted by molar-refractivity contribution is -0.570. The number of azide groups is 9. The quantitative estimate of drug-likeness (QED) is 0.0520. The summed E-state index contributed by atoms with van der Waals surface area (Å²) < 4.78 is 12.2. The number of nitrogens with zero attached hydrogens (tertiary/aromatic N) is 27. The van der Waals surface area contributed by atoms with Gasteiger partial charge in [-0.2, -0.15) is 0 Å². The molecule has 31 nitrogen and oxygen atoms in total. The Morgan fingerprint density at radius 3 is 1.31 bits per heavy atom. The predicted molar refractivity (Wildman–Crippen MR) is 243 cm³/mol. The fourth-order valence-electron chi connectivity index (χ4n) is 7.52. The molecule has 31 heteroatoms. The summed E-state index contributed by atoms with van der Waals surface area (Å²) in [7, 11) is 0. The Bertz CT molecular complexity index is 2110. The van der Waals surface area contributed by atoms with E-state index in [4.69, 9.17) is 69.0 Å². The van der Waals surface area contributed by atoms with Crippen LogP contribution in [0.15, 0.2) is 94.6 Å². The summed E-state index contributed by atoms with van der Waals surface area (Å²) in [4.78, 5) is 35.2. The van der Waals surface area contributed by atoms with Crippen molar-refractivity contribution >= 4 is 11.4 Å². The van der Waals surface area contributed by atoms with Gasteiger partial charge in [0.25, 0.3) is 0 Å². The molecule has 5 fully saturated rings. The normalized spacial score (nSPS) is 23.9. The van der Waals surface area contributed by atoms with Gasteiger partial charge in [-0.05, 0) is 124 Å². The zero-order valence-electron chi connectivity index (χ0n) is 37.0. The van der Waals surface area contributed by atoms with Gasteiger partial charge in [0.05, 0.1) is 0 Å². The van der Waals surface area contributed by atoms with E-state index < -0.39 is 23.9 Å². The molecule has 1 saturated carbocycles. The van der Waals surface area contributed by atoms with Crippen LogP contribution in [-0.4, -0.2) is 63.2 Å². The van der Waals surface area contributed by atoms with Crippen LogP contribution in [0.25, 0.3) is 105 Å². The second-order valence-electron chi connectivity index (χ2n) is 14.8. The van der Waals surface area contributed by atoms with E-state index in [-0.39, 0.29) is 11.8 Å². The molecule has 7 rings (SSSR count). The Balaban J connectivity index is 0.000000308. The summed E-state index contributed by atoms with van der Waals surface area (Å²) in [5.74, 6) is 0.398. The number of rotatable bonds is 16. The van der Waals surface area contributed by atoms with Crippen molar-refractivity contribution in [3.05, 3.63) is 143 Å². The second kappa shape index (κ2) is 31.8. The first-order valence-electron chi connectivity index (χ1n) is 20.7. The molecule has 2 aromatic rings. The molecule has 0 amide bonds. The minimum atomic E-state index is -0.779. The van der Waals surface area contributed by atoms with E-state index in [9.17, 15) is 0 Å². The van der Waals surface area contributed by atoms with Gasteiger partial charge in [0, 0.05) is 107 Å². The van der Waals surface area contributed by atoms with Crippen molar-refractivity contribution < 1.29 is 19.2 Å². The van der Waals surface area contributed by atoms with Crippen LogP contribution in [0.2, 0.25) is 0 Å². The molecule has 5 aliphatic rings. The second-order valence-corrected chi connectivity index (χ2v) is 14.8. The van der Waals surface area contributed by atoms with Gasteiger partial charge in [0.2, 0.25) is 5.79 Å². The lowest BCUT2D eigenvalue weighted by Crippen LogP contribution is -2.70. The van der Waals surface area contributed by atoms with Gasteiger partial charge >= 0.3 is 0 Å². The third-order valence-electron chi connectivity index (χ3n) is 10.6. The molecule has 2 bridgehead atoms. The average molecular weight is 924 g/mol. The molecule has 1 unspecified atom stereocenters. The number of hydrogen-bond donors (Lipinski definition) is 0. The molecule has 2 aromatic carbocycles. The molecule has 8 atom stereocenters. The third kappa shape index (κ3) is 18.2. The Kier molecular flexibility index (Phi) is 26.2. The van der Waals surface area contributed by atoms with Crippen molar-refractivity contribution in [2.45, 2.75) is 89.6 Å². The van der Waals surface area contributed by atoms with E-state index in [0.717, 1.165) is 36.8 Å². The Morgan fingerprint density at radius 1 is 0.522 bits per heavy atom. The van der Waals surface area contributed by atoms with Crippen LogP contribution >= 0.6 is 0 Å². The van der Waals surface area contributed by atoms with Crippen molar-refractivity contribution in [1.29, 1.82) is 0 Å². The van der Waals surface area contributed by atoms with Crippen LogP contribution in [0.5, 0.6) is 0 Å². The lowest BCUT2D eigenvalue weighted by atomic mass is 9.58. The molecule has 67 heavy (non-hydrogen) atoms. The highest BCUT2D eigenvalue weighted by Gasteiger charge is 2.69. The Hall–Kier alpha value is -7.93. The number of fused-ring (bicyclic) bond motifs is 2. The van der Waals surface area contributed by atoms with Crippen molar-refractivity contribution in [3.63, 3.8) is 0 Å². The third-order valence-corrected chi connectivity index (χ3v) is 10.6. The van der Waals surface area contributed by atoms with Crippen LogP contribution < -0.4 is 0 Å². The molecule has 352 valence electrons. The standard InChI is InChI=1S/C15H23N3O4.C12H8N6.3C3H6N6/c1-8-4-5-11-9(2)12(17-18-16)19-13-15(11)10(8)6-7-14(3,20-13)21-22-15;13-17-15-11-5-1-9(2-6-11)10-3-7-12(8-4-10)16-18-14;3*4-8-6-2-1-3-7-9-5/h8-13H,4-7H2,1-3H3;1-8H;3*1-3H2/t8-,9-,10+,11+,12-,13?,14+,15-;;;;/m1..../s1. The van der Waals surface area contributed by atoms with Crippen LogP contribution in [0, 0.1) is 23.7 Å². The van der Waals surface area contributed by atoms with E-state index in [1.165, 1.54) is 0 Å². The van der Waals surface area contributed by atoms with Gasteiger partial charge in [-0.3, -0.25) is 0 Å². The molecular weight excluding hydrogens is 875 g/mol. The topological polar surface area (TPSA) is 476 Å². The maximum Gasteiger partial charge on any atom is 0.201 e. The van der Waals surface area contributed by atoms with E-state index in [1.807, 2.05) is 31.2 Å². The fraction of sp³-hybridized carbons (Fsp3) is 0.667. The highest BCUT2D eigenvalue weighted by molar-refractivity contribution is 5.67. The summed E-state index contributed by atoms with van der Waals surface area (Å²) in [5, 5.41) is 30.3. The van der Waals surface area contributed by atoms with E-state index >= 15 is 0 Å². The van der Waals surface area contributed by atoms with Gasteiger partial charge < -0.3 is 9.47 Å². The summed E-state index contributed by atoms with van der Waals surface area (Å²) in [5.41, 5.74) is 74.7. The fourth-order valence-corrected chi connectivity index (χ4v) is 7.52. The summed E-state index contributed by atoms with van der Waals surface area (Å²) in [6.07, 6.45) is 4.78. The van der Waals surface area contributed by atoms with E-state index in [1.54, 1.807) is 24.3 Å². The van der Waals surface area contributed by atoms with Crippen LogP contribution in [0.3, 0.4) is 0 Å². The summed E-state index contributed by atoms with van der Waals surface area (Å²) in [6.45, 7) is 8.63. The summed E-state index contributed by atoms with van der Waals surface area (Å²) in [6, 6.07) is 14.5. The zero-order valence-corrected chi connectivity index (χ0v) is 37.0. The predicted octanol–water partition coefficient (Wildman–Crippen LogP) is 14.7. The molecule has 0 N–H and O–H groups in total. The SMILES string of the molecule is C[C@H]1[C@H](N=[N+]=[N-])OC2O[C@]3(C)CC[C@H]4[C@H](C)CC[C@@H]1[C@@]24OO3.[N-]=[N+]=NCCCN=[N+]=[N-].[N-]=[N+]=NCCCN=[N+]=[N-].[N-]=[N+]=NCCCN=[N+]=[N-].[N-]=[N+]=Nc1ccc(-c2ccc(N=[N+]=[N-])cc2)cc1. The largest absolute Gasteiger partial charge is 0.340 e. The van der Waals surface area contributed by atoms with Crippen LogP contribution in [0.1, 0.15) is 65.7 Å². The molecule has 0 aromatic heterocycles.